The molecule has 0 fully saturated rings. The maximum Gasteiger partial charge on any atom is 0.269 e. The van der Waals surface area contributed by atoms with Crippen molar-refractivity contribution in [2.45, 2.75) is 20.4 Å². The van der Waals surface area contributed by atoms with E-state index in [1.54, 1.807) is 18.5 Å². The van der Waals surface area contributed by atoms with Crippen molar-refractivity contribution in [3.63, 3.8) is 0 Å². The average molecular weight is 273 g/mol. The molecular formula is C14H19N5O. The van der Waals surface area contributed by atoms with Crippen molar-refractivity contribution >= 4 is 5.91 Å². The first-order chi connectivity index (χ1) is 9.56. The van der Waals surface area contributed by atoms with Crippen LogP contribution in [0.5, 0.6) is 0 Å². The van der Waals surface area contributed by atoms with Gasteiger partial charge >= 0.3 is 0 Å². The molecule has 20 heavy (non-hydrogen) atoms. The summed E-state index contributed by atoms with van der Waals surface area (Å²) in [5.41, 5.74) is 6.50. The molecule has 0 aliphatic carbocycles. The number of nitrogens with two attached hydrogens (primary N) is 1. The Kier molecular flexibility index (Phi) is 4.47. The zero-order valence-electron chi connectivity index (χ0n) is 11.7. The number of carbonyl (C=O) groups excluding carboxylic acids is 1. The summed E-state index contributed by atoms with van der Waals surface area (Å²) < 4.78 is 1.53. The predicted molar refractivity (Wildman–Crippen MR) is 76.4 cm³/mol. The van der Waals surface area contributed by atoms with E-state index in [2.05, 4.69) is 29.2 Å². The van der Waals surface area contributed by atoms with Gasteiger partial charge in [-0.05, 0) is 30.2 Å². The van der Waals surface area contributed by atoms with Gasteiger partial charge in [-0.2, -0.15) is 5.10 Å². The van der Waals surface area contributed by atoms with E-state index in [0.717, 1.165) is 18.7 Å². The molecule has 0 atom stereocenters. The third-order valence-electron chi connectivity index (χ3n) is 2.77. The summed E-state index contributed by atoms with van der Waals surface area (Å²) in [6.45, 7) is 6.10. The number of rotatable bonds is 6. The first kappa shape index (κ1) is 14.2. The Hall–Kier alpha value is -2.21. The molecule has 0 unspecified atom stereocenters. The third kappa shape index (κ3) is 3.64. The lowest BCUT2D eigenvalue weighted by Gasteiger charge is -2.07. The fourth-order valence-electron chi connectivity index (χ4n) is 1.74. The number of hydrogen-bond acceptors (Lipinski definition) is 4. The molecule has 6 nitrogen and oxygen atoms in total. The summed E-state index contributed by atoms with van der Waals surface area (Å²) in [6, 6.07) is 5.42. The summed E-state index contributed by atoms with van der Waals surface area (Å²) in [4.78, 5) is 15.3. The van der Waals surface area contributed by atoms with Crippen molar-refractivity contribution in [3.8, 4) is 5.82 Å². The maximum absolute atomic E-state index is 11.0. The monoisotopic (exact) mass is 273 g/mol. The Morgan fingerprint density at radius 1 is 1.40 bits per heavy atom. The van der Waals surface area contributed by atoms with Crippen LogP contribution in [0.3, 0.4) is 0 Å². The molecule has 0 aromatic carbocycles. The number of aromatic nitrogens is 3. The second kappa shape index (κ2) is 6.29. The Bertz CT molecular complexity index is 574. The van der Waals surface area contributed by atoms with Gasteiger partial charge in [-0.15, -0.1) is 0 Å². The molecule has 0 spiro atoms. The van der Waals surface area contributed by atoms with E-state index in [1.165, 1.54) is 4.68 Å². The highest BCUT2D eigenvalue weighted by Gasteiger charge is 2.06. The highest BCUT2D eigenvalue weighted by molar-refractivity contribution is 5.90. The maximum atomic E-state index is 11.0. The molecule has 2 aromatic heterocycles. The van der Waals surface area contributed by atoms with Gasteiger partial charge in [0.2, 0.25) is 0 Å². The van der Waals surface area contributed by atoms with Crippen molar-refractivity contribution in [3.05, 3.63) is 41.9 Å². The fraction of sp³-hybridized carbons (Fsp3) is 0.357. The van der Waals surface area contributed by atoms with Gasteiger partial charge < -0.3 is 11.1 Å². The van der Waals surface area contributed by atoms with E-state index < -0.39 is 5.91 Å². The zero-order valence-corrected chi connectivity index (χ0v) is 11.7. The Morgan fingerprint density at radius 3 is 2.75 bits per heavy atom. The number of pyridine rings is 1. The highest BCUT2D eigenvalue weighted by atomic mass is 16.1. The molecule has 0 aliphatic rings. The minimum Gasteiger partial charge on any atom is -0.364 e. The van der Waals surface area contributed by atoms with Crippen LogP contribution in [-0.2, 0) is 6.54 Å². The standard InChI is InChI=1S/C14H19N5O/c1-10(2)7-16-8-11-3-4-13(17-9-11)19-6-5-12(18-19)14(15)20/h3-6,9-10,16H,7-8H2,1-2H3,(H2,15,20). The third-order valence-corrected chi connectivity index (χ3v) is 2.77. The molecule has 2 aromatic rings. The van der Waals surface area contributed by atoms with Crippen LogP contribution in [0.15, 0.2) is 30.6 Å². The quantitative estimate of drug-likeness (QED) is 0.825. The van der Waals surface area contributed by atoms with Crippen molar-refractivity contribution in [1.82, 2.24) is 20.1 Å². The summed E-state index contributed by atoms with van der Waals surface area (Å²) in [5, 5.41) is 7.41. The first-order valence-electron chi connectivity index (χ1n) is 6.57. The van der Waals surface area contributed by atoms with Gasteiger partial charge in [0.05, 0.1) is 0 Å². The Morgan fingerprint density at radius 2 is 2.20 bits per heavy atom. The van der Waals surface area contributed by atoms with Gasteiger partial charge in [0.1, 0.15) is 5.69 Å². The number of nitrogens with zero attached hydrogens (tertiary/aromatic N) is 3. The lowest BCUT2D eigenvalue weighted by molar-refractivity contribution is 0.0995. The van der Waals surface area contributed by atoms with Crippen LogP contribution >= 0.6 is 0 Å². The van der Waals surface area contributed by atoms with Crippen LogP contribution in [0, 0.1) is 5.92 Å². The molecule has 106 valence electrons. The first-order valence-corrected chi connectivity index (χ1v) is 6.57. The van der Waals surface area contributed by atoms with Crippen LogP contribution in [0.4, 0.5) is 0 Å². The normalized spacial score (nSPS) is 10.9. The van der Waals surface area contributed by atoms with Crippen molar-refractivity contribution in [1.29, 1.82) is 0 Å². The van der Waals surface area contributed by atoms with E-state index >= 15 is 0 Å². The van der Waals surface area contributed by atoms with E-state index in [9.17, 15) is 4.79 Å². The molecule has 1 amide bonds. The molecule has 2 rings (SSSR count). The topological polar surface area (TPSA) is 85.8 Å². The summed E-state index contributed by atoms with van der Waals surface area (Å²) in [5.74, 6) is 0.738. The van der Waals surface area contributed by atoms with Crippen LogP contribution in [0.25, 0.3) is 5.82 Å². The number of amides is 1. The molecule has 2 heterocycles. The largest absolute Gasteiger partial charge is 0.364 e. The molecule has 0 saturated heterocycles. The summed E-state index contributed by atoms with van der Waals surface area (Å²) in [6.07, 6.45) is 3.47. The number of primary amides is 1. The van der Waals surface area contributed by atoms with E-state index in [0.29, 0.717) is 11.7 Å². The van der Waals surface area contributed by atoms with Gasteiger partial charge in [-0.1, -0.05) is 19.9 Å². The van der Waals surface area contributed by atoms with Gasteiger partial charge in [-0.3, -0.25) is 4.79 Å². The minimum atomic E-state index is -0.543. The predicted octanol–water partition coefficient (Wildman–Crippen LogP) is 1.11. The van der Waals surface area contributed by atoms with Gasteiger partial charge in [0.15, 0.2) is 5.82 Å². The molecule has 0 radical (unpaired) electrons. The summed E-state index contributed by atoms with van der Waals surface area (Å²) >= 11 is 0. The minimum absolute atomic E-state index is 0.231. The number of hydrogen-bond donors (Lipinski definition) is 2. The molecule has 6 heteroatoms. The molecule has 3 N–H and O–H groups in total. The van der Waals surface area contributed by atoms with Gasteiger partial charge in [0.25, 0.3) is 5.91 Å². The zero-order chi connectivity index (χ0) is 14.5. The Balaban J connectivity index is 2.01. The van der Waals surface area contributed by atoms with Crippen molar-refractivity contribution in [2.24, 2.45) is 11.7 Å². The van der Waals surface area contributed by atoms with Crippen LogP contribution < -0.4 is 11.1 Å². The van der Waals surface area contributed by atoms with Crippen molar-refractivity contribution in [2.75, 3.05) is 6.54 Å². The second-order valence-corrected chi connectivity index (χ2v) is 5.06. The number of nitrogens with one attached hydrogen (secondary N) is 1. The van der Waals surface area contributed by atoms with Crippen LogP contribution in [0.2, 0.25) is 0 Å². The summed E-state index contributed by atoms with van der Waals surface area (Å²) in [7, 11) is 0. The Labute approximate surface area is 118 Å². The van der Waals surface area contributed by atoms with E-state index in [1.807, 2.05) is 12.1 Å². The van der Waals surface area contributed by atoms with Crippen LogP contribution in [0.1, 0.15) is 29.9 Å². The molecule has 0 saturated carbocycles. The van der Waals surface area contributed by atoms with E-state index in [-0.39, 0.29) is 5.69 Å². The average Bonchev–Trinajstić information content (AvgIpc) is 2.89. The van der Waals surface area contributed by atoms with Gasteiger partial charge in [-0.25, -0.2) is 9.67 Å². The highest BCUT2D eigenvalue weighted by Crippen LogP contribution is 2.06. The lowest BCUT2D eigenvalue weighted by atomic mass is 10.2. The van der Waals surface area contributed by atoms with Gasteiger partial charge in [0, 0.05) is 18.9 Å². The fourth-order valence-corrected chi connectivity index (χ4v) is 1.74. The van der Waals surface area contributed by atoms with Crippen molar-refractivity contribution < 1.29 is 4.79 Å². The second-order valence-electron chi connectivity index (χ2n) is 5.06. The molecule has 0 bridgehead atoms. The van der Waals surface area contributed by atoms with E-state index in [4.69, 9.17) is 5.73 Å². The smallest absolute Gasteiger partial charge is 0.269 e. The molecule has 0 aliphatic heterocycles. The lowest BCUT2D eigenvalue weighted by Crippen LogP contribution is -2.19. The number of carbonyl (C=O) groups is 1. The SMILES string of the molecule is CC(C)CNCc1ccc(-n2ccc(C(N)=O)n2)nc1. The molecular weight excluding hydrogens is 254 g/mol. The van der Waals surface area contributed by atoms with Crippen LogP contribution in [-0.4, -0.2) is 27.2 Å².